The summed E-state index contributed by atoms with van der Waals surface area (Å²) in [5, 5.41) is 8.98. The lowest BCUT2D eigenvalue weighted by atomic mass is 10.0. The van der Waals surface area contributed by atoms with Crippen molar-refractivity contribution in [1.82, 2.24) is 4.90 Å². The Hall–Kier alpha value is -2.14. The lowest BCUT2D eigenvalue weighted by Crippen LogP contribution is -2.46. The van der Waals surface area contributed by atoms with E-state index in [0.717, 1.165) is 12.0 Å². The third-order valence-corrected chi connectivity index (χ3v) is 4.76. The van der Waals surface area contributed by atoms with Gasteiger partial charge in [0, 0.05) is 6.54 Å². The number of alkyl halides is 1. The number of methoxy groups -OCH3 is 1. The SMILES string of the molecule is COC(=O)c1cc(F)c(C(=O)C(Br)C[C@H]2CN(C(=O)O)CCO2)c(F)c1F. The number of benzene rings is 1. The predicted molar refractivity (Wildman–Crippen MR) is 88.7 cm³/mol. The van der Waals surface area contributed by atoms with Gasteiger partial charge in [-0.05, 0) is 12.5 Å². The minimum absolute atomic E-state index is 0.0225. The summed E-state index contributed by atoms with van der Waals surface area (Å²) in [4.78, 5) is 34.6. The molecule has 1 fully saturated rings. The van der Waals surface area contributed by atoms with Crippen LogP contribution in [0.25, 0.3) is 0 Å². The van der Waals surface area contributed by atoms with Crippen LogP contribution in [0.3, 0.4) is 0 Å². The van der Waals surface area contributed by atoms with E-state index in [0.29, 0.717) is 6.07 Å². The highest BCUT2D eigenvalue weighted by molar-refractivity contribution is 9.10. The molecule has 1 saturated heterocycles. The van der Waals surface area contributed by atoms with Crippen LogP contribution in [-0.4, -0.2) is 65.6 Å². The van der Waals surface area contributed by atoms with E-state index in [9.17, 15) is 27.6 Å². The second kappa shape index (κ2) is 8.70. The number of Topliss-reactive ketones (excluding diaryl/α,β-unsaturated/α-hetero) is 1. The first kappa shape index (κ1) is 21.2. The summed E-state index contributed by atoms with van der Waals surface area (Å²) < 4.78 is 51.9. The van der Waals surface area contributed by atoms with Crippen molar-refractivity contribution in [3.8, 4) is 0 Å². The number of carbonyl (C=O) groups is 3. The summed E-state index contributed by atoms with van der Waals surface area (Å²) in [5.41, 5.74) is -2.11. The van der Waals surface area contributed by atoms with E-state index in [1.807, 2.05) is 0 Å². The molecule has 1 aromatic rings. The standard InChI is InChI=1S/C16H15BrF3NO6/c1-26-15(23)8-5-10(18)11(13(20)12(8)19)14(22)9(17)4-7-6-21(16(24)25)2-3-27-7/h5,7,9H,2-4,6H2,1H3,(H,24,25)/t7-,9?/m0/s1. The molecular formula is C16H15BrF3NO6. The smallest absolute Gasteiger partial charge is 0.407 e. The summed E-state index contributed by atoms with van der Waals surface area (Å²) in [6, 6.07) is 0.389. The zero-order valence-corrected chi connectivity index (χ0v) is 15.6. The Morgan fingerprint density at radius 2 is 2.04 bits per heavy atom. The Balaban J connectivity index is 2.20. The maximum Gasteiger partial charge on any atom is 0.407 e. The number of morpholine rings is 1. The summed E-state index contributed by atoms with van der Waals surface area (Å²) >= 11 is 2.98. The number of carbonyl (C=O) groups excluding carboxylic acids is 2. The second-order valence-electron chi connectivity index (χ2n) is 5.69. The van der Waals surface area contributed by atoms with Crippen molar-refractivity contribution in [2.75, 3.05) is 26.8 Å². The number of ketones is 1. The van der Waals surface area contributed by atoms with Gasteiger partial charge in [0.1, 0.15) is 11.4 Å². The second-order valence-corrected chi connectivity index (χ2v) is 6.79. The number of hydrogen-bond acceptors (Lipinski definition) is 5. The molecule has 27 heavy (non-hydrogen) atoms. The number of rotatable bonds is 5. The minimum atomic E-state index is -1.80. The quantitative estimate of drug-likeness (QED) is 0.318. The molecule has 0 radical (unpaired) electrons. The third-order valence-electron chi connectivity index (χ3n) is 3.97. The van der Waals surface area contributed by atoms with Crippen LogP contribution in [0.4, 0.5) is 18.0 Å². The van der Waals surface area contributed by atoms with Crippen LogP contribution >= 0.6 is 15.9 Å². The van der Waals surface area contributed by atoms with E-state index >= 15 is 0 Å². The van der Waals surface area contributed by atoms with Gasteiger partial charge >= 0.3 is 12.1 Å². The first-order chi connectivity index (χ1) is 12.7. The van der Waals surface area contributed by atoms with Crippen molar-refractivity contribution >= 4 is 33.8 Å². The van der Waals surface area contributed by atoms with E-state index in [1.165, 1.54) is 0 Å². The van der Waals surface area contributed by atoms with Crippen LogP contribution in [0.1, 0.15) is 27.1 Å². The van der Waals surface area contributed by atoms with E-state index in [1.54, 1.807) is 0 Å². The number of nitrogens with zero attached hydrogens (tertiary/aromatic N) is 1. The number of halogens is 4. The minimum Gasteiger partial charge on any atom is -0.465 e. The highest BCUT2D eigenvalue weighted by atomic mass is 79.9. The van der Waals surface area contributed by atoms with Crippen molar-refractivity contribution in [1.29, 1.82) is 0 Å². The average molecular weight is 454 g/mol. The van der Waals surface area contributed by atoms with Crippen molar-refractivity contribution in [2.45, 2.75) is 17.4 Å². The van der Waals surface area contributed by atoms with Crippen LogP contribution in [0.5, 0.6) is 0 Å². The summed E-state index contributed by atoms with van der Waals surface area (Å²) in [6.45, 7) is 0.248. The fraction of sp³-hybridized carbons (Fsp3) is 0.438. The van der Waals surface area contributed by atoms with Gasteiger partial charge in [-0.15, -0.1) is 0 Å². The van der Waals surface area contributed by atoms with E-state index in [-0.39, 0.29) is 26.1 Å². The van der Waals surface area contributed by atoms with Gasteiger partial charge in [-0.25, -0.2) is 22.8 Å². The molecule has 1 N–H and O–H groups in total. The van der Waals surface area contributed by atoms with Gasteiger partial charge in [-0.2, -0.15) is 0 Å². The van der Waals surface area contributed by atoms with Gasteiger partial charge < -0.3 is 19.5 Å². The maximum absolute atomic E-state index is 14.2. The third kappa shape index (κ3) is 4.59. The molecule has 0 spiro atoms. The zero-order chi connectivity index (χ0) is 20.3. The molecule has 1 amide bonds. The van der Waals surface area contributed by atoms with Crippen LogP contribution in [-0.2, 0) is 9.47 Å². The molecule has 1 aliphatic heterocycles. The highest BCUT2D eigenvalue weighted by Gasteiger charge is 2.33. The van der Waals surface area contributed by atoms with E-state index in [2.05, 4.69) is 20.7 Å². The lowest BCUT2D eigenvalue weighted by molar-refractivity contribution is -0.0245. The number of esters is 1. The molecule has 1 aromatic carbocycles. The Morgan fingerprint density at radius 3 is 2.63 bits per heavy atom. The first-order valence-electron chi connectivity index (χ1n) is 7.70. The topological polar surface area (TPSA) is 93.1 Å². The molecule has 0 bridgehead atoms. The average Bonchev–Trinajstić information content (AvgIpc) is 2.64. The van der Waals surface area contributed by atoms with Crippen molar-refractivity contribution in [3.05, 3.63) is 34.6 Å². The molecule has 1 heterocycles. The Labute approximate surface area is 160 Å². The highest BCUT2D eigenvalue weighted by Crippen LogP contribution is 2.26. The zero-order valence-electron chi connectivity index (χ0n) is 14.0. The van der Waals surface area contributed by atoms with Crippen molar-refractivity contribution in [3.63, 3.8) is 0 Å². The summed E-state index contributed by atoms with van der Waals surface area (Å²) in [5.74, 6) is -7.31. The predicted octanol–water partition coefficient (Wildman–Crippen LogP) is 2.61. The molecular weight excluding hydrogens is 439 g/mol. The maximum atomic E-state index is 14.2. The van der Waals surface area contributed by atoms with Crippen LogP contribution < -0.4 is 0 Å². The van der Waals surface area contributed by atoms with Gasteiger partial charge in [-0.1, -0.05) is 15.9 Å². The molecule has 2 atom stereocenters. The molecule has 1 unspecified atom stereocenters. The Morgan fingerprint density at radius 1 is 1.37 bits per heavy atom. The Kier molecular flexibility index (Phi) is 6.82. The van der Waals surface area contributed by atoms with Gasteiger partial charge in [0.15, 0.2) is 17.4 Å². The van der Waals surface area contributed by atoms with Crippen molar-refractivity contribution in [2.24, 2.45) is 0 Å². The largest absolute Gasteiger partial charge is 0.465 e. The first-order valence-corrected chi connectivity index (χ1v) is 8.62. The summed E-state index contributed by atoms with van der Waals surface area (Å²) in [6.07, 6.45) is -1.94. The van der Waals surface area contributed by atoms with E-state index in [4.69, 9.17) is 9.84 Å². The molecule has 0 aromatic heterocycles. The number of amides is 1. The number of hydrogen-bond donors (Lipinski definition) is 1. The molecule has 148 valence electrons. The van der Waals surface area contributed by atoms with Crippen LogP contribution in [0.2, 0.25) is 0 Å². The molecule has 1 aliphatic rings. The number of ether oxygens (including phenoxy) is 2. The van der Waals surface area contributed by atoms with Gasteiger partial charge in [0.2, 0.25) is 0 Å². The fourth-order valence-corrected chi connectivity index (χ4v) is 3.26. The van der Waals surface area contributed by atoms with Gasteiger partial charge in [0.05, 0.1) is 36.8 Å². The molecule has 0 aliphatic carbocycles. The van der Waals surface area contributed by atoms with Crippen molar-refractivity contribution < 1.29 is 42.1 Å². The van der Waals surface area contributed by atoms with Crippen LogP contribution in [0, 0.1) is 17.5 Å². The van der Waals surface area contributed by atoms with E-state index < -0.39 is 57.4 Å². The summed E-state index contributed by atoms with van der Waals surface area (Å²) in [7, 11) is 0.912. The van der Waals surface area contributed by atoms with Crippen LogP contribution in [0.15, 0.2) is 6.07 Å². The Bertz CT molecular complexity index is 775. The normalized spacial score (nSPS) is 18.1. The fourth-order valence-electron chi connectivity index (χ4n) is 2.61. The van der Waals surface area contributed by atoms with Gasteiger partial charge in [-0.3, -0.25) is 4.79 Å². The molecule has 0 saturated carbocycles. The molecule has 7 nitrogen and oxygen atoms in total. The monoisotopic (exact) mass is 453 g/mol. The molecule has 11 heteroatoms. The van der Waals surface area contributed by atoms with Gasteiger partial charge in [0.25, 0.3) is 0 Å². The number of carboxylic acid groups (broad SMARTS) is 1. The molecule has 2 rings (SSSR count). The lowest BCUT2D eigenvalue weighted by Gasteiger charge is -2.31.